The molecule has 0 saturated carbocycles. The van der Waals surface area contributed by atoms with E-state index in [2.05, 4.69) is 0 Å². The summed E-state index contributed by atoms with van der Waals surface area (Å²) in [5.74, 6) is 0.806. The Hall–Kier alpha value is -2.76. The minimum Gasteiger partial charge on any atom is -0.481 e. The molecule has 1 aromatic heterocycles. The molecule has 0 spiro atoms. The molecular weight excluding hydrogens is 320 g/mol. The van der Waals surface area contributed by atoms with Gasteiger partial charge in [-0.2, -0.15) is 0 Å². The summed E-state index contributed by atoms with van der Waals surface area (Å²) in [5.41, 5.74) is 1.14. The van der Waals surface area contributed by atoms with Crippen LogP contribution >= 0.6 is 0 Å². The van der Waals surface area contributed by atoms with Gasteiger partial charge < -0.3 is 19.0 Å². The number of hydrogen-bond donors (Lipinski definition) is 0. The fourth-order valence-electron chi connectivity index (χ4n) is 2.81. The Bertz CT molecular complexity index is 716. The standard InChI is InChI=1S/C19H22N2O4/c1-14-5-7-16(8-6-14)25-15(2)18(22)20-9-11-21(12-10-20)19(23)17-4-3-13-24-17/h3-8,13,15H,9-12H2,1-2H3/t15-/m1/s1. The Balaban J connectivity index is 1.52. The highest BCUT2D eigenvalue weighted by atomic mass is 16.5. The molecule has 2 heterocycles. The molecule has 6 nitrogen and oxygen atoms in total. The maximum Gasteiger partial charge on any atom is 0.289 e. The second-order valence-electron chi connectivity index (χ2n) is 6.17. The molecule has 1 fully saturated rings. The number of piperazine rings is 1. The number of aryl methyl sites for hydroxylation is 1. The quantitative estimate of drug-likeness (QED) is 0.856. The number of benzene rings is 1. The molecule has 2 amide bonds. The predicted molar refractivity (Wildman–Crippen MR) is 92.5 cm³/mol. The SMILES string of the molecule is Cc1ccc(O[C@H](C)C(=O)N2CCN(C(=O)c3ccco3)CC2)cc1. The third-order valence-electron chi connectivity index (χ3n) is 4.29. The molecule has 1 saturated heterocycles. The molecule has 1 atom stereocenters. The van der Waals surface area contributed by atoms with Gasteiger partial charge in [0.1, 0.15) is 5.75 Å². The van der Waals surface area contributed by atoms with Gasteiger partial charge in [0.25, 0.3) is 11.8 Å². The number of nitrogens with zero attached hydrogens (tertiary/aromatic N) is 2. The lowest BCUT2D eigenvalue weighted by Gasteiger charge is -2.35. The van der Waals surface area contributed by atoms with Crippen molar-refractivity contribution in [3.8, 4) is 5.75 Å². The van der Waals surface area contributed by atoms with Crippen LogP contribution in [0.2, 0.25) is 0 Å². The average Bonchev–Trinajstić information content (AvgIpc) is 3.17. The van der Waals surface area contributed by atoms with Gasteiger partial charge in [-0.25, -0.2) is 0 Å². The molecule has 3 rings (SSSR count). The van der Waals surface area contributed by atoms with Gasteiger partial charge in [0.15, 0.2) is 11.9 Å². The van der Waals surface area contributed by atoms with Crippen molar-refractivity contribution < 1.29 is 18.7 Å². The van der Waals surface area contributed by atoms with Crippen molar-refractivity contribution in [3.63, 3.8) is 0 Å². The first-order valence-corrected chi connectivity index (χ1v) is 8.39. The molecule has 0 N–H and O–H groups in total. The van der Waals surface area contributed by atoms with Gasteiger partial charge in [0.2, 0.25) is 0 Å². The highest BCUT2D eigenvalue weighted by molar-refractivity contribution is 5.91. The van der Waals surface area contributed by atoms with E-state index in [0.717, 1.165) is 5.56 Å². The molecule has 0 bridgehead atoms. The summed E-state index contributed by atoms with van der Waals surface area (Å²) in [4.78, 5) is 28.2. The molecule has 1 aromatic carbocycles. The van der Waals surface area contributed by atoms with Crippen molar-refractivity contribution in [2.24, 2.45) is 0 Å². The van der Waals surface area contributed by atoms with Crippen molar-refractivity contribution in [3.05, 3.63) is 54.0 Å². The topological polar surface area (TPSA) is 63.0 Å². The molecule has 1 aliphatic rings. The lowest BCUT2D eigenvalue weighted by molar-refractivity contribution is -0.139. The summed E-state index contributed by atoms with van der Waals surface area (Å²) in [7, 11) is 0. The average molecular weight is 342 g/mol. The van der Waals surface area contributed by atoms with Crippen molar-refractivity contribution in [2.75, 3.05) is 26.2 Å². The molecule has 2 aromatic rings. The maximum atomic E-state index is 12.6. The summed E-state index contributed by atoms with van der Waals surface area (Å²) in [6, 6.07) is 11.0. The summed E-state index contributed by atoms with van der Waals surface area (Å²) in [5, 5.41) is 0. The van der Waals surface area contributed by atoms with Crippen LogP contribution in [0, 0.1) is 6.92 Å². The fourth-order valence-corrected chi connectivity index (χ4v) is 2.81. The first-order valence-electron chi connectivity index (χ1n) is 8.39. The highest BCUT2D eigenvalue weighted by Crippen LogP contribution is 2.15. The lowest BCUT2D eigenvalue weighted by Crippen LogP contribution is -2.53. The Morgan fingerprint density at radius 3 is 2.28 bits per heavy atom. The van der Waals surface area contributed by atoms with E-state index >= 15 is 0 Å². The number of furan rings is 1. The second-order valence-corrected chi connectivity index (χ2v) is 6.17. The minimum atomic E-state index is -0.560. The van der Waals surface area contributed by atoms with E-state index in [1.54, 1.807) is 28.9 Å². The number of ether oxygens (including phenoxy) is 1. The maximum absolute atomic E-state index is 12.6. The molecule has 0 aliphatic carbocycles. The van der Waals surface area contributed by atoms with Gasteiger partial charge in [0, 0.05) is 26.2 Å². The van der Waals surface area contributed by atoms with E-state index < -0.39 is 6.10 Å². The van der Waals surface area contributed by atoms with Gasteiger partial charge in [-0.3, -0.25) is 9.59 Å². The predicted octanol–water partition coefficient (Wildman–Crippen LogP) is 2.34. The third-order valence-corrected chi connectivity index (χ3v) is 4.29. The van der Waals surface area contributed by atoms with Gasteiger partial charge in [-0.05, 0) is 38.1 Å². The van der Waals surface area contributed by atoms with Crippen LogP contribution in [0.4, 0.5) is 0 Å². The summed E-state index contributed by atoms with van der Waals surface area (Å²) in [6.45, 7) is 5.72. The summed E-state index contributed by atoms with van der Waals surface area (Å²) < 4.78 is 10.9. The number of carbonyl (C=O) groups is 2. The van der Waals surface area contributed by atoms with Gasteiger partial charge >= 0.3 is 0 Å². The highest BCUT2D eigenvalue weighted by Gasteiger charge is 2.28. The van der Waals surface area contributed by atoms with Crippen LogP contribution in [0.3, 0.4) is 0 Å². The van der Waals surface area contributed by atoms with E-state index in [0.29, 0.717) is 37.7 Å². The molecule has 25 heavy (non-hydrogen) atoms. The van der Waals surface area contributed by atoms with Gasteiger partial charge in [-0.1, -0.05) is 17.7 Å². The van der Waals surface area contributed by atoms with E-state index in [1.807, 2.05) is 31.2 Å². The third kappa shape index (κ3) is 4.02. The van der Waals surface area contributed by atoms with E-state index in [1.165, 1.54) is 6.26 Å². The van der Waals surface area contributed by atoms with Gasteiger partial charge in [0.05, 0.1) is 6.26 Å². The van der Waals surface area contributed by atoms with Crippen LogP contribution in [0.1, 0.15) is 23.0 Å². The number of carbonyl (C=O) groups excluding carboxylic acids is 2. The number of amides is 2. The molecule has 0 radical (unpaired) electrons. The zero-order valence-electron chi connectivity index (χ0n) is 14.5. The molecule has 6 heteroatoms. The Labute approximate surface area is 147 Å². The zero-order valence-corrected chi connectivity index (χ0v) is 14.5. The lowest BCUT2D eigenvalue weighted by atomic mass is 10.2. The molecule has 0 unspecified atom stereocenters. The van der Waals surface area contributed by atoms with Crippen LogP contribution in [-0.2, 0) is 4.79 Å². The number of hydrogen-bond acceptors (Lipinski definition) is 4. The van der Waals surface area contributed by atoms with E-state index in [9.17, 15) is 9.59 Å². The first-order chi connectivity index (χ1) is 12.0. The molecule has 1 aliphatic heterocycles. The van der Waals surface area contributed by atoms with Crippen molar-refractivity contribution in [1.82, 2.24) is 9.80 Å². The van der Waals surface area contributed by atoms with Crippen LogP contribution < -0.4 is 4.74 Å². The Morgan fingerprint density at radius 1 is 1.04 bits per heavy atom. The molecule has 132 valence electrons. The first kappa shape index (κ1) is 17.1. The largest absolute Gasteiger partial charge is 0.481 e. The summed E-state index contributed by atoms with van der Waals surface area (Å²) >= 11 is 0. The number of rotatable bonds is 4. The Kier molecular flexibility index (Phi) is 5.07. The minimum absolute atomic E-state index is 0.0642. The van der Waals surface area contributed by atoms with Gasteiger partial charge in [-0.15, -0.1) is 0 Å². The van der Waals surface area contributed by atoms with Crippen LogP contribution in [-0.4, -0.2) is 53.9 Å². The fraction of sp³-hybridized carbons (Fsp3) is 0.368. The monoisotopic (exact) mass is 342 g/mol. The Morgan fingerprint density at radius 2 is 1.68 bits per heavy atom. The van der Waals surface area contributed by atoms with E-state index in [4.69, 9.17) is 9.15 Å². The van der Waals surface area contributed by atoms with E-state index in [-0.39, 0.29) is 11.8 Å². The van der Waals surface area contributed by atoms with Crippen LogP contribution in [0.5, 0.6) is 5.75 Å². The van der Waals surface area contributed by atoms with Crippen LogP contribution in [0.15, 0.2) is 47.1 Å². The van der Waals surface area contributed by atoms with Crippen molar-refractivity contribution in [1.29, 1.82) is 0 Å². The van der Waals surface area contributed by atoms with Crippen molar-refractivity contribution in [2.45, 2.75) is 20.0 Å². The second kappa shape index (κ2) is 7.42. The van der Waals surface area contributed by atoms with Crippen LogP contribution in [0.25, 0.3) is 0 Å². The van der Waals surface area contributed by atoms with Crippen molar-refractivity contribution >= 4 is 11.8 Å². The smallest absolute Gasteiger partial charge is 0.289 e. The summed E-state index contributed by atoms with van der Waals surface area (Å²) in [6.07, 6.45) is 0.923. The normalized spacial score (nSPS) is 15.8. The zero-order chi connectivity index (χ0) is 17.8. The molecular formula is C19H22N2O4.